The number of fused-ring (bicyclic) bond motifs is 8. The zero-order valence-corrected chi connectivity index (χ0v) is 27.1. The van der Waals surface area contributed by atoms with Crippen molar-refractivity contribution < 1.29 is 4.42 Å². The molecule has 2 aromatic heterocycles. The van der Waals surface area contributed by atoms with E-state index in [2.05, 4.69) is 91.0 Å². The highest BCUT2D eigenvalue weighted by Crippen LogP contribution is 2.58. The Bertz CT molecular complexity index is 2540. The Morgan fingerprint density at radius 2 is 1.06 bits per heavy atom. The summed E-state index contributed by atoms with van der Waals surface area (Å²) >= 11 is 0. The molecule has 1 spiro atoms. The van der Waals surface area contributed by atoms with Crippen LogP contribution < -0.4 is 0 Å². The van der Waals surface area contributed by atoms with E-state index < -0.39 is 0 Å². The lowest BCUT2D eigenvalue weighted by atomic mass is 9.66. The monoisotopic (exact) mass is 631 g/mol. The van der Waals surface area contributed by atoms with Gasteiger partial charge in [-0.2, -0.15) is 0 Å². The predicted octanol–water partition coefficient (Wildman–Crippen LogP) is 11.7. The van der Waals surface area contributed by atoms with Gasteiger partial charge in [-0.25, -0.2) is 15.0 Å². The molecule has 49 heavy (non-hydrogen) atoms. The Hall–Kier alpha value is -5.87. The summed E-state index contributed by atoms with van der Waals surface area (Å²) in [5.41, 5.74) is 12.9. The molecule has 0 amide bonds. The van der Waals surface area contributed by atoms with Crippen LogP contribution in [0, 0.1) is 0 Å². The van der Waals surface area contributed by atoms with Gasteiger partial charge in [0.05, 0.1) is 0 Å². The summed E-state index contributed by atoms with van der Waals surface area (Å²) in [5.74, 6) is 1.93. The zero-order chi connectivity index (χ0) is 32.4. The van der Waals surface area contributed by atoms with Crippen LogP contribution in [0.3, 0.4) is 0 Å². The lowest BCUT2D eigenvalue weighted by molar-refractivity contribution is 0.353. The number of benzene rings is 6. The average Bonchev–Trinajstić information content (AvgIpc) is 3.69. The lowest BCUT2D eigenvalue weighted by Crippen LogP contribution is -2.28. The number of furan rings is 1. The van der Waals surface area contributed by atoms with Crippen molar-refractivity contribution in [2.75, 3.05) is 0 Å². The van der Waals surface area contributed by atoms with Crippen LogP contribution in [0.1, 0.15) is 43.2 Å². The molecule has 234 valence electrons. The van der Waals surface area contributed by atoms with Crippen LogP contribution in [0.2, 0.25) is 0 Å². The topological polar surface area (TPSA) is 51.8 Å². The number of para-hydroxylation sites is 1. The second kappa shape index (κ2) is 11.1. The van der Waals surface area contributed by atoms with Crippen LogP contribution in [0.25, 0.3) is 78.4 Å². The highest BCUT2D eigenvalue weighted by atomic mass is 16.3. The zero-order valence-electron chi connectivity index (χ0n) is 27.1. The minimum Gasteiger partial charge on any atom is -0.456 e. The first-order valence-corrected chi connectivity index (χ1v) is 17.3. The molecule has 0 atom stereocenters. The van der Waals surface area contributed by atoms with E-state index in [1.165, 1.54) is 65.5 Å². The molecule has 2 aliphatic carbocycles. The van der Waals surface area contributed by atoms with Gasteiger partial charge in [0.25, 0.3) is 0 Å². The minimum atomic E-state index is 0.0592. The fourth-order valence-corrected chi connectivity index (χ4v) is 8.61. The van der Waals surface area contributed by atoms with E-state index in [4.69, 9.17) is 19.4 Å². The molecule has 4 heteroatoms. The first-order valence-electron chi connectivity index (χ1n) is 17.3. The maximum absolute atomic E-state index is 6.25. The molecule has 0 N–H and O–H groups in total. The number of hydrogen-bond donors (Lipinski definition) is 0. The molecule has 8 aromatic rings. The van der Waals surface area contributed by atoms with E-state index in [1.807, 2.05) is 48.5 Å². The molecule has 1 saturated carbocycles. The van der Waals surface area contributed by atoms with Crippen molar-refractivity contribution in [1.82, 2.24) is 15.0 Å². The minimum absolute atomic E-state index is 0.0592. The van der Waals surface area contributed by atoms with Crippen molar-refractivity contribution in [2.24, 2.45) is 0 Å². The largest absolute Gasteiger partial charge is 0.456 e. The van der Waals surface area contributed by atoms with Crippen molar-refractivity contribution in [2.45, 2.75) is 37.5 Å². The first-order chi connectivity index (χ1) is 24.3. The Balaban J connectivity index is 1.17. The Labute approximate surface area is 285 Å². The number of aromatic nitrogens is 3. The molecule has 4 nitrogen and oxygen atoms in total. The van der Waals surface area contributed by atoms with Crippen LogP contribution in [0.5, 0.6) is 0 Å². The van der Waals surface area contributed by atoms with Gasteiger partial charge in [0, 0.05) is 32.9 Å². The number of nitrogens with zero attached hydrogens (tertiary/aromatic N) is 3. The normalized spacial score (nSPS) is 14.7. The summed E-state index contributed by atoms with van der Waals surface area (Å²) in [7, 11) is 0. The van der Waals surface area contributed by atoms with Crippen molar-refractivity contribution in [3.05, 3.63) is 151 Å². The van der Waals surface area contributed by atoms with Crippen LogP contribution in [0.4, 0.5) is 0 Å². The van der Waals surface area contributed by atoms with Gasteiger partial charge in [-0.3, -0.25) is 0 Å². The van der Waals surface area contributed by atoms with Crippen molar-refractivity contribution in [3.8, 4) is 56.4 Å². The van der Waals surface area contributed by atoms with Gasteiger partial charge in [-0.1, -0.05) is 141 Å². The van der Waals surface area contributed by atoms with Gasteiger partial charge in [-0.05, 0) is 64.4 Å². The van der Waals surface area contributed by atoms with Gasteiger partial charge >= 0.3 is 0 Å². The number of rotatable bonds is 4. The van der Waals surface area contributed by atoms with Crippen LogP contribution in [-0.2, 0) is 5.41 Å². The second-order valence-electron chi connectivity index (χ2n) is 13.4. The van der Waals surface area contributed by atoms with Gasteiger partial charge in [0.15, 0.2) is 17.5 Å². The number of hydrogen-bond acceptors (Lipinski definition) is 4. The summed E-state index contributed by atoms with van der Waals surface area (Å²) < 4.78 is 6.25. The standard InChI is InChI=1S/C45H33N3O/c1-3-14-29(15-4-1)42-46-43(48-44(47-42)36-22-13-25-39-40(36)35-19-6-8-24-38(35)49-39)31-17-11-16-30(28-31)32-20-12-21-34-33-18-5-7-23-37(33)45(41(32)34)26-9-2-10-27-45/h1,3-8,11-25,28H,2,9-10,26-27H2. The van der Waals surface area contributed by atoms with Crippen molar-refractivity contribution >= 4 is 21.9 Å². The van der Waals surface area contributed by atoms with Crippen molar-refractivity contribution in [3.63, 3.8) is 0 Å². The molecule has 0 saturated heterocycles. The summed E-state index contributed by atoms with van der Waals surface area (Å²) in [4.78, 5) is 15.4. The Morgan fingerprint density at radius 3 is 1.96 bits per heavy atom. The molecule has 0 radical (unpaired) electrons. The van der Waals surface area contributed by atoms with Gasteiger partial charge in [0.1, 0.15) is 11.2 Å². The molecule has 0 unspecified atom stereocenters. The van der Waals surface area contributed by atoms with Crippen molar-refractivity contribution in [1.29, 1.82) is 0 Å². The van der Waals surface area contributed by atoms with E-state index in [-0.39, 0.29) is 5.41 Å². The molecule has 2 aliphatic rings. The smallest absolute Gasteiger partial charge is 0.164 e. The van der Waals surface area contributed by atoms with Crippen LogP contribution >= 0.6 is 0 Å². The maximum Gasteiger partial charge on any atom is 0.164 e. The summed E-state index contributed by atoms with van der Waals surface area (Å²) in [6.45, 7) is 0. The highest BCUT2D eigenvalue weighted by molar-refractivity contribution is 6.11. The summed E-state index contributed by atoms with van der Waals surface area (Å²) in [6, 6.07) is 49.2. The Kier molecular flexibility index (Phi) is 6.38. The van der Waals surface area contributed by atoms with E-state index in [9.17, 15) is 0 Å². The third kappa shape index (κ3) is 4.40. The first kappa shape index (κ1) is 28.2. The SMILES string of the molecule is c1ccc(-c2nc(-c3cccc(-c4cccc5c4C4(CCCCC4)c4ccccc4-5)c3)nc(-c3cccc4oc5ccccc5c34)n2)cc1. The van der Waals surface area contributed by atoms with Gasteiger partial charge in [0.2, 0.25) is 0 Å². The van der Waals surface area contributed by atoms with E-state index >= 15 is 0 Å². The fraction of sp³-hybridized carbons (Fsp3) is 0.133. The fourth-order valence-electron chi connectivity index (χ4n) is 8.61. The third-order valence-corrected chi connectivity index (χ3v) is 10.7. The molecule has 0 bridgehead atoms. The molecule has 2 heterocycles. The summed E-state index contributed by atoms with van der Waals surface area (Å²) in [5, 5.41) is 2.06. The lowest BCUT2D eigenvalue weighted by Gasteiger charge is -2.37. The molecule has 6 aromatic carbocycles. The van der Waals surface area contributed by atoms with E-state index in [0.29, 0.717) is 17.5 Å². The quantitative estimate of drug-likeness (QED) is 0.194. The van der Waals surface area contributed by atoms with Gasteiger partial charge in [-0.15, -0.1) is 0 Å². The van der Waals surface area contributed by atoms with E-state index in [1.54, 1.807) is 0 Å². The highest BCUT2D eigenvalue weighted by Gasteiger charge is 2.45. The second-order valence-corrected chi connectivity index (χ2v) is 13.4. The van der Waals surface area contributed by atoms with Gasteiger partial charge < -0.3 is 4.42 Å². The predicted molar refractivity (Wildman–Crippen MR) is 198 cm³/mol. The average molecular weight is 632 g/mol. The molecule has 1 fully saturated rings. The summed E-state index contributed by atoms with van der Waals surface area (Å²) in [6.07, 6.45) is 6.22. The van der Waals surface area contributed by atoms with E-state index in [0.717, 1.165) is 38.6 Å². The molecule has 10 rings (SSSR count). The Morgan fingerprint density at radius 1 is 0.449 bits per heavy atom. The van der Waals surface area contributed by atoms with Crippen LogP contribution in [-0.4, -0.2) is 15.0 Å². The maximum atomic E-state index is 6.25. The molecular formula is C45H33N3O. The molecular weight excluding hydrogens is 599 g/mol. The van der Waals surface area contributed by atoms with Crippen LogP contribution in [0.15, 0.2) is 144 Å². The third-order valence-electron chi connectivity index (χ3n) is 10.7. The molecule has 0 aliphatic heterocycles.